The Kier molecular flexibility index (Phi) is 4.14. The van der Waals surface area contributed by atoms with Gasteiger partial charge in [-0.1, -0.05) is 30.3 Å². The van der Waals surface area contributed by atoms with Gasteiger partial charge in [0.25, 0.3) is 0 Å². The molecule has 0 bridgehead atoms. The fourth-order valence-electron chi connectivity index (χ4n) is 2.90. The van der Waals surface area contributed by atoms with E-state index in [0.717, 1.165) is 28.1 Å². The maximum absolute atomic E-state index is 12.7. The molecular formula is C20H22N2O2. The van der Waals surface area contributed by atoms with Crippen LogP contribution in [0, 0.1) is 26.2 Å². The second-order valence-electron chi connectivity index (χ2n) is 6.63. The van der Waals surface area contributed by atoms with Gasteiger partial charge in [-0.05, 0) is 62.4 Å². The van der Waals surface area contributed by atoms with Crippen molar-refractivity contribution in [3.05, 3.63) is 59.2 Å². The maximum atomic E-state index is 12.7. The summed E-state index contributed by atoms with van der Waals surface area (Å²) >= 11 is 0. The number of amides is 2. The fraction of sp³-hybridized carbons (Fsp3) is 0.300. The minimum Gasteiger partial charge on any atom is -0.325 e. The zero-order valence-corrected chi connectivity index (χ0v) is 14.3. The Balaban J connectivity index is 1.75. The van der Waals surface area contributed by atoms with Crippen molar-refractivity contribution in [2.75, 3.05) is 10.6 Å². The first kappa shape index (κ1) is 16.2. The first-order valence-electron chi connectivity index (χ1n) is 8.18. The van der Waals surface area contributed by atoms with Gasteiger partial charge in [0.1, 0.15) is 5.41 Å². The number of rotatable bonds is 4. The predicted molar refractivity (Wildman–Crippen MR) is 96.0 cm³/mol. The van der Waals surface area contributed by atoms with Gasteiger partial charge in [0.05, 0.1) is 0 Å². The Morgan fingerprint density at radius 2 is 1.46 bits per heavy atom. The maximum Gasteiger partial charge on any atom is 0.240 e. The van der Waals surface area contributed by atoms with E-state index in [1.165, 1.54) is 0 Å². The van der Waals surface area contributed by atoms with E-state index in [9.17, 15) is 9.59 Å². The van der Waals surface area contributed by atoms with E-state index in [1.54, 1.807) is 0 Å². The molecular weight excluding hydrogens is 300 g/mol. The average molecular weight is 322 g/mol. The van der Waals surface area contributed by atoms with Crippen molar-refractivity contribution in [3.63, 3.8) is 0 Å². The summed E-state index contributed by atoms with van der Waals surface area (Å²) in [5, 5.41) is 5.84. The summed E-state index contributed by atoms with van der Waals surface area (Å²) in [4.78, 5) is 25.4. The molecule has 0 radical (unpaired) electrons. The van der Waals surface area contributed by atoms with Crippen molar-refractivity contribution in [2.45, 2.75) is 33.6 Å². The molecule has 124 valence electrons. The molecule has 0 atom stereocenters. The molecule has 2 aromatic carbocycles. The Morgan fingerprint density at radius 1 is 0.875 bits per heavy atom. The van der Waals surface area contributed by atoms with Crippen LogP contribution in [-0.4, -0.2) is 11.8 Å². The van der Waals surface area contributed by atoms with Crippen molar-refractivity contribution < 1.29 is 9.59 Å². The number of para-hydroxylation sites is 1. The second kappa shape index (κ2) is 6.11. The molecule has 1 aliphatic carbocycles. The fourth-order valence-corrected chi connectivity index (χ4v) is 2.90. The highest BCUT2D eigenvalue weighted by Gasteiger charge is 2.56. The predicted octanol–water partition coefficient (Wildman–Crippen LogP) is 3.97. The normalized spacial score (nSPS) is 14.8. The van der Waals surface area contributed by atoms with E-state index in [4.69, 9.17) is 0 Å². The molecule has 2 N–H and O–H groups in total. The van der Waals surface area contributed by atoms with Crippen LogP contribution in [-0.2, 0) is 9.59 Å². The first-order valence-corrected chi connectivity index (χ1v) is 8.18. The molecule has 0 aromatic heterocycles. The van der Waals surface area contributed by atoms with Gasteiger partial charge in [-0.25, -0.2) is 0 Å². The third-order valence-corrected chi connectivity index (χ3v) is 4.61. The zero-order chi connectivity index (χ0) is 17.3. The lowest BCUT2D eigenvalue weighted by Crippen LogP contribution is -2.36. The minimum atomic E-state index is -0.946. The number of nitrogens with one attached hydrogen (secondary N) is 2. The average Bonchev–Trinajstić information content (AvgIpc) is 3.33. The third kappa shape index (κ3) is 3.04. The summed E-state index contributed by atoms with van der Waals surface area (Å²) in [5.74, 6) is -0.443. The summed E-state index contributed by atoms with van der Waals surface area (Å²) in [6.07, 6.45) is 1.17. The van der Waals surface area contributed by atoms with Gasteiger partial charge in [-0.15, -0.1) is 0 Å². The van der Waals surface area contributed by atoms with Crippen molar-refractivity contribution in [2.24, 2.45) is 5.41 Å². The van der Waals surface area contributed by atoms with E-state index in [0.29, 0.717) is 12.8 Å². The molecule has 2 aromatic rings. The topological polar surface area (TPSA) is 58.2 Å². The molecule has 2 amide bonds. The number of carbonyl (C=O) groups is 2. The van der Waals surface area contributed by atoms with Crippen LogP contribution in [0.15, 0.2) is 42.5 Å². The molecule has 4 nitrogen and oxygen atoms in total. The highest BCUT2D eigenvalue weighted by molar-refractivity contribution is 6.17. The molecule has 0 heterocycles. The van der Waals surface area contributed by atoms with Crippen LogP contribution in [0.25, 0.3) is 0 Å². The van der Waals surface area contributed by atoms with Crippen LogP contribution < -0.4 is 10.6 Å². The third-order valence-electron chi connectivity index (χ3n) is 4.61. The summed E-state index contributed by atoms with van der Waals surface area (Å²) < 4.78 is 0. The van der Waals surface area contributed by atoms with Gasteiger partial charge in [-0.3, -0.25) is 9.59 Å². The lowest BCUT2D eigenvalue weighted by Gasteiger charge is -2.18. The number of anilines is 2. The number of hydrogen-bond donors (Lipinski definition) is 2. The van der Waals surface area contributed by atoms with Gasteiger partial charge >= 0.3 is 0 Å². The largest absolute Gasteiger partial charge is 0.325 e. The molecule has 0 aliphatic heterocycles. The van der Waals surface area contributed by atoms with Crippen molar-refractivity contribution in [3.8, 4) is 0 Å². The molecule has 0 spiro atoms. The van der Waals surface area contributed by atoms with E-state index in [-0.39, 0.29) is 11.8 Å². The molecule has 1 aliphatic rings. The Labute approximate surface area is 142 Å². The number of hydrogen-bond acceptors (Lipinski definition) is 2. The van der Waals surface area contributed by atoms with Gasteiger partial charge in [0, 0.05) is 11.4 Å². The first-order chi connectivity index (χ1) is 11.4. The highest BCUT2D eigenvalue weighted by atomic mass is 16.2. The standard InChI is InChI=1S/C20H22N2O2/c1-13-6-4-9-16(12-13)21-18(23)20(10-11-20)19(24)22-17-14(2)7-5-8-15(17)3/h4-9,12H,10-11H2,1-3H3,(H,21,23)(H,22,24). The summed E-state index contributed by atoms with van der Waals surface area (Å²) in [5.41, 5.74) is 3.65. The number of aryl methyl sites for hydroxylation is 3. The molecule has 1 saturated carbocycles. The molecule has 3 rings (SSSR count). The summed E-state index contributed by atoms with van der Waals surface area (Å²) in [6, 6.07) is 13.5. The van der Waals surface area contributed by atoms with Crippen molar-refractivity contribution >= 4 is 23.2 Å². The molecule has 1 fully saturated rings. The monoisotopic (exact) mass is 322 g/mol. The van der Waals surface area contributed by atoms with Gasteiger partial charge in [0.15, 0.2) is 0 Å². The Hall–Kier alpha value is -2.62. The Bertz CT molecular complexity index is 787. The van der Waals surface area contributed by atoms with E-state index in [2.05, 4.69) is 10.6 Å². The smallest absolute Gasteiger partial charge is 0.240 e. The van der Waals surface area contributed by atoms with E-state index < -0.39 is 5.41 Å². The van der Waals surface area contributed by atoms with Gasteiger partial charge < -0.3 is 10.6 Å². The van der Waals surface area contributed by atoms with Crippen LogP contribution >= 0.6 is 0 Å². The molecule has 0 unspecified atom stereocenters. The number of benzene rings is 2. The summed E-state index contributed by atoms with van der Waals surface area (Å²) in [6.45, 7) is 5.88. The molecule has 4 heteroatoms. The number of carbonyl (C=O) groups excluding carboxylic acids is 2. The quantitative estimate of drug-likeness (QED) is 0.837. The van der Waals surface area contributed by atoms with Crippen molar-refractivity contribution in [1.29, 1.82) is 0 Å². The molecule has 24 heavy (non-hydrogen) atoms. The van der Waals surface area contributed by atoms with Crippen LogP contribution in [0.3, 0.4) is 0 Å². The van der Waals surface area contributed by atoms with Crippen LogP contribution in [0.2, 0.25) is 0 Å². The van der Waals surface area contributed by atoms with Crippen LogP contribution in [0.1, 0.15) is 29.5 Å². The van der Waals surface area contributed by atoms with Crippen LogP contribution in [0.5, 0.6) is 0 Å². The lowest BCUT2D eigenvalue weighted by atomic mass is 10.0. The lowest BCUT2D eigenvalue weighted by molar-refractivity contribution is -0.131. The van der Waals surface area contributed by atoms with Crippen LogP contribution in [0.4, 0.5) is 11.4 Å². The van der Waals surface area contributed by atoms with Gasteiger partial charge in [0.2, 0.25) is 11.8 Å². The second-order valence-corrected chi connectivity index (χ2v) is 6.63. The van der Waals surface area contributed by atoms with E-state index in [1.807, 2.05) is 63.2 Å². The van der Waals surface area contributed by atoms with Crippen molar-refractivity contribution in [1.82, 2.24) is 0 Å². The highest BCUT2D eigenvalue weighted by Crippen LogP contribution is 2.47. The van der Waals surface area contributed by atoms with E-state index >= 15 is 0 Å². The Morgan fingerprint density at radius 3 is 2.04 bits per heavy atom. The zero-order valence-electron chi connectivity index (χ0n) is 14.3. The van der Waals surface area contributed by atoms with Gasteiger partial charge in [-0.2, -0.15) is 0 Å². The molecule has 0 saturated heterocycles. The minimum absolute atomic E-state index is 0.218. The summed E-state index contributed by atoms with van der Waals surface area (Å²) in [7, 11) is 0. The SMILES string of the molecule is Cc1cccc(NC(=O)C2(C(=O)Nc3c(C)cccc3C)CC2)c1.